The highest BCUT2D eigenvalue weighted by Gasteiger charge is 2.30. The van der Waals surface area contributed by atoms with Crippen molar-refractivity contribution in [2.24, 2.45) is 5.73 Å². The van der Waals surface area contributed by atoms with Gasteiger partial charge in [-0.15, -0.1) is 0 Å². The van der Waals surface area contributed by atoms with E-state index in [0.29, 0.717) is 23.3 Å². The zero-order chi connectivity index (χ0) is 31.1. The number of carbonyl (C=O) groups excluding carboxylic acids is 2. The summed E-state index contributed by atoms with van der Waals surface area (Å²) in [6.07, 6.45) is -0.977. The van der Waals surface area contributed by atoms with E-state index < -0.39 is 17.6 Å². The second-order valence-corrected chi connectivity index (χ2v) is 10.7. The Hall–Kier alpha value is -4.64. The van der Waals surface area contributed by atoms with Gasteiger partial charge in [0.15, 0.2) is 5.69 Å². The first-order valence-electron chi connectivity index (χ1n) is 14.4. The zero-order valence-electron chi connectivity index (χ0n) is 23.9. The van der Waals surface area contributed by atoms with Crippen LogP contribution in [0.4, 0.5) is 13.2 Å². The molecule has 230 valence electrons. The summed E-state index contributed by atoms with van der Waals surface area (Å²) in [5.74, 6) is -0.947. The summed E-state index contributed by atoms with van der Waals surface area (Å²) < 4.78 is 52.6. The standard InChI is InChI=1S/C33H33F3N4O4/c34-33(35,36)25-16-14-23(15-17-25)26-11-5-4-10-24(26)21-44-31-18-28(32(37)42)39-40(31)19-30(41)38-27-12-6-7-13-29(27)43-20-22-8-2-1-3-9-22/h1-5,8-11,14-18,27,29H,6-7,12-13,19-21H2,(H2,37,42)(H,38,41)/t27-,29+/m1/s1. The van der Waals surface area contributed by atoms with Gasteiger partial charge in [0, 0.05) is 6.07 Å². The number of carbonyl (C=O) groups is 2. The zero-order valence-corrected chi connectivity index (χ0v) is 23.9. The van der Waals surface area contributed by atoms with Crippen LogP contribution in [0, 0.1) is 0 Å². The number of halogens is 3. The van der Waals surface area contributed by atoms with Gasteiger partial charge in [0.05, 0.1) is 24.3 Å². The molecular formula is C33H33F3N4O4. The molecule has 2 amide bonds. The van der Waals surface area contributed by atoms with Gasteiger partial charge in [0.25, 0.3) is 5.91 Å². The molecule has 1 aliphatic carbocycles. The number of hydrogen-bond donors (Lipinski definition) is 2. The van der Waals surface area contributed by atoms with Gasteiger partial charge < -0.3 is 20.5 Å². The van der Waals surface area contributed by atoms with E-state index in [0.717, 1.165) is 43.4 Å². The number of alkyl halides is 3. The number of ether oxygens (including phenoxy) is 2. The molecule has 1 fully saturated rings. The number of nitrogens with two attached hydrogens (primary N) is 1. The van der Waals surface area contributed by atoms with Gasteiger partial charge in [0.2, 0.25) is 11.8 Å². The van der Waals surface area contributed by atoms with Crippen molar-refractivity contribution in [1.82, 2.24) is 15.1 Å². The molecule has 1 heterocycles. The average molecular weight is 607 g/mol. The van der Waals surface area contributed by atoms with E-state index in [9.17, 15) is 22.8 Å². The number of nitrogens with one attached hydrogen (secondary N) is 1. The van der Waals surface area contributed by atoms with Crippen LogP contribution >= 0.6 is 0 Å². The van der Waals surface area contributed by atoms with E-state index in [1.54, 1.807) is 24.3 Å². The highest BCUT2D eigenvalue weighted by atomic mass is 19.4. The van der Waals surface area contributed by atoms with Crippen molar-refractivity contribution in [3.8, 4) is 17.0 Å². The third-order valence-corrected chi connectivity index (χ3v) is 7.56. The van der Waals surface area contributed by atoms with Crippen LogP contribution < -0.4 is 15.8 Å². The third-order valence-electron chi connectivity index (χ3n) is 7.56. The fourth-order valence-corrected chi connectivity index (χ4v) is 5.30. The summed E-state index contributed by atoms with van der Waals surface area (Å²) in [4.78, 5) is 25.1. The second kappa shape index (κ2) is 13.8. The van der Waals surface area contributed by atoms with Crippen molar-refractivity contribution < 1.29 is 32.2 Å². The lowest BCUT2D eigenvalue weighted by atomic mass is 9.92. The SMILES string of the molecule is NC(=O)c1cc(OCc2ccccc2-c2ccc(C(F)(F)F)cc2)n(CC(=O)N[C@@H]2CCCC[C@@H]2OCc2ccccc2)n1. The predicted octanol–water partition coefficient (Wildman–Crippen LogP) is 5.89. The van der Waals surface area contributed by atoms with Crippen LogP contribution in [0.2, 0.25) is 0 Å². The molecule has 8 nitrogen and oxygen atoms in total. The van der Waals surface area contributed by atoms with Gasteiger partial charge in [-0.3, -0.25) is 9.59 Å². The molecule has 0 spiro atoms. The Bertz CT molecular complexity index is 1570. The van der Waals surface area contributed by atoms with Gasteiger partial charge in [-0.25, -0.2) is 4.68 Å². The van der Waals surface area contributed by atoms with Gasteiger partial charge in [-0.2, -0.15) is 18.3 Å². The smallest absolute Gasteiger partial charge is 0.416 e. The highest BCUT2D eigenvalue weighted by Crippen LogP contribution is 2.32. The molecule has 1 aromatic heterocycles. The number of benzene rings is 3. The van der Waals surface area contributed by atoms with Gasteiger partial charge in [0.1, 0.15) is 13.2 Å². The van der Waals surface area contributed by atoms with Gasteiger partial charge >= 0.3 is 6.18 Å². The number of hydrogen-bond acceptors (Lipinski definition) is 5. The molecule has 1 aliphatic rings. The molecule has 0 unspecified atom stereocenters. The van der Waals surface area contributed by atoms with Crippen molar-refractivity contribution in [2.45, 2.75) is 63.8 Å². The molecule has 0 aliphatic heterocycles. The summed E-state index contributed by atoms with van der Waals surface area (Å²) in [6, 6.07) is 23.0. The van der Waals surface area contributed by atoms with Crippen LogP contribution in [0.15, 0.2) is 84.9 Å². The first kappa shape index (κ1) is 30.8. The molecule has 1 saturated carbocycles. The van der Waals surface area contributed by atoms with Crippen molar-refractivity contribution in [1.29, 1.82) is 0 Å². The lowest BCUT2D eigenvalue weighted by Crippen LogP contribution is -2.47. The number of aromatic nitrogens is 2. The average Bonchev–Trinajstić information content (AvgIpc) is 3.42. The molecule has 3 aromatic carbocycles. The third kappa shape index (κ3) is 7.84. The quantitative estimate of drug-likeness (QED) is 0.221. The molecule has 5 rings (SSSR count). The fourth-order valence-electron chi connectivity index (χ4n) is 5.30. The predicted molar refractivity (Wildman–Crippen MR) is 157 cm³/mol. The first-order chi connectivity index (χ1) is 21.2. The molecule has 3 N–H and O–H groups in total. The van der Waals surface area contributed by atoms with E-state index >= 15 is 0 Å². The molecule has 11 heteroatoms. The summed E-state index contributed by atoms with van der Waals surface area (Å²) in [5, 5.41) is 7.24. The molecule has 2 atom stereocenters. The van der Waals surface area contributed by atoms with Gasteiger partial charge in [-0.05, 0) is 47.2 Å². The van der Waals surface area contributed by atoms with E-state index in [4.69, 9.17) is 15.2 Å². The summed E-state index contributed by atoms with van der Waals surface area (Å²) in [5.41, 5.74) is 7.66. The first-order valence-corrected chi connectivity index (χ1v) is 14.4. The Labute approximate surface area is 253 Å². The summed E-state index contributed by atoms with van der Waals surface area (Å²) in [6.45, 7) is 0.233. The summed E-state index contributed by atoms with van der Waals surface area (Å²) in [7, 11) is 0. The lowest BCUT2D eigenvalue weighted by Gasteiger charge is -2.32. The van der Waals surface area contributed by atoms with Crippen molar-refractivity contribution in [2.75, 3.05) is 0 Å². The van der Waals surface area contributed by atoms with E-state index in [-0.39, 0.29) is 42.8 Å². The lowest BCUT2D eigenvalue weighted by molar-refractivity contribution is -0.137. The van der Waals surface area contributed by atoms with Crippen LogP contribution in [-0.2, 0) is 35.5 Å². The highest BCUT2D eigenvalue weighted by molar-refractivity contribution is 5.91. The maximum absolute atomic E-state index is 13.2. The largest absolute Gasteiger partial charge is 0.473 e. The van der Waals surface area contributed by atoms with Crippen LogP contribution in [0.25, 0.3) is 11.1 Å². The van der Waals surface area contributed by atoms with Crippen LogP contribution in [-0.4, -0.2) is 33.7 Å². The van der Waals surface area contributed by atoms with Crippen molar-refractivity contribution >= 4 is 11.8 Å². The van der Waals surface area contributed by atoms with Crippen LogP contribution in [0.5, 0.6) is 5.88 Å². The Morgan fingerprint density at radius 2 is 1.64 bits per heavy atom. The Kier molecular flexibility index (Phi) is 9.64. The van der Waals surface area contributed by atoms with Crippen LogP contribution in [0.3, 0.4) is 0 Å². The maximum atomic E-state index is 13.2. The maximum Gasteiger partial charge on any atom is 0.416 e. The molecule has 4 aromatic rings. The van der Waals surface area contributed by atoms with Gasteiger partial charge in [-0.1, -0.05) is 79.6 Å². The minimum Gasteiger partial charge on any atom is -0.473 e. The molecule has 0 saturated heterocycles. The Morgan fingerprint density at radius 1 is 0.932 bits per heavy atom. The normalized spacial score (nSPS) is 16.8. The number of nitrogens with zero attached hydrogens (tertiary/aromatic N) is 2. The number of primary amides is 1. The van der Waals surface area contributed by atoms with Crippen LogP contribution in [0.1, 0.15) is 52.9 Å². The molecular weight excluding hydrogens is 573 g/mol. The number of amides is 2. The van der Waals surface area contributed by atoms with Crippen molar-refractivity contribution in [3.05, 3.63) is 107 Å². The number of rotatable bonds is 11. The molecule has 0 radical (unpaired) electrons. The topological polar surface area (TPSA) is 108 Å². The molecule has 44 heavy (non-hydrogen) atoms. The Morgan fingerprint density at radius 3 is 2.36 bits per heavy atom. The van der Waals surface area contributed by atoms with E-state index in [2.05, 4.69) is 10.4 Å². The molecule has 0 bridgehead atoms. The minimum absolute atomic E-state index is 0.000729. The van der Waals surface area contributed by atoms with Crippen molar-refractivity contribution in [3.63, 3.8) is 0 Å². The van der Waals surface area contributed by atoms with E-state index in [1.165, 1.54) is 22.9 Å². The summed E-state index contributed by atoms with van der Waals surface area (Å²) >= 11 is 0. The second-order valence-electron chi connectivity index (χ2n) is 10.7. The fraction of sp³-hybridized carbons (Fsp3) is 0.303. The minimum atomic E-state index is -4.43. The Balaban J connectivity index is 1.26. The van der Waals surface area contributed by atoms with E-state index in [1.807, 2.05) is 30.3 Å². The monoisotopic (exact) mass is 606 g/mol.